The number of hydrazine groups is 1. The number of aromatic carboxylic acids is 1. The predicted octanol–water partition coefficient (Wildman–Crippen LogP) is 3.23. The highest BCUT2D eigenvalue weighted by Gasteiger charge is 2.27. The molecule has 0 unspecified atom stereocenters. The van der Waals surface area contributed by atoms with Gasteiger partial charge in [0.15, 0.2) is 15.5 Å². The van der Waals surface area contributed by atoms with Crippen molar-refractivity contribution in [3.8, 4) is 16.9 Å². The predicted molar refractivity (Wildman–Crippen MR) is 128 cm³/mol. The Morgan fingerprint density at radius 2 is 1.71 bits per heavy atom. The van der Waals surface area contributed by atoms with E-state index in [2.05, 4.69) is 10.5 Å². The number of hydrogen-bond acceptors (Lipinski definition) is 6. The van der Waals surface area contributed by atoms with E-state index >= 15 is 0 Å². The Morgan fingerprint density at radius 1 is 1.06 bits per heavy atom. The highest BCUT2D eigenvalue weighted by atomic mass is 35.5. The molecule has 3 aromatic rings. The van der Waals surface area contributed by atoms with E-state index in [1.165, 1.54) is 16.8 Å². The van der Waals surface area contributed by atoms with Crippen molar-refractivity contribution in [2.24, 2.45) is 0 Å². The fraction of sp³-hybridized carbons (Fsp3) is 0.227. The Labute approximate surface area is 205 Å². The molecule has 0 bridgehead atoms. The minimum absolute atomic E-state index is 0.0394. The first-order chi connectivity index (χ1) is 16.1. The number of benzene rings is 2. The third-order valence-electron chi connectivity index (χ3n) is 5.48. The molecule has 0 spiro atoms. The number of aromatic nitrogens is 2. The first-order valence-electron chi connectivity index (χ1n) is 10.2. The van der Waals surface area contributed by atoms with Crippen LogP contribution in [-0.2, 0) is 9.84 Å². The molecular weight excluding hydrogens is 503 g/mol. The second-order valence-corrected chi connectivity index (χ2v) is 10.9. The first-order valence-corrected chi connectivity index (χ1v) is 12.8. The lowest BCUT2D eigenvalue weighted by molar-refractivity contribution is 0.0696. The topological polar surface area (TPSA) is 122 Å². The number of halogens is 2. The molecule has 0 saturated carbocycles. The molecule has 2 N–H and O–H groups in total. The molecule has 9 nitrogen and oxygen atoms in total. The zero-order chi connectivity index (χ0) is 24.6. The van der Waals surface area contributed by atoms with E-state index in [1.807, 2.05) is 0 Å². The fourth-order valence-corrected chi connectivity index (χ4v) is 5.36. The third kappa shape index (κ3) is 4.95. The lowest BCUT2D eigenvalue weighted by atomic mass is 10.0. The number of carbonyl (C=O) groups is 2. The molecule has 178 valence electrons. The van der Waals surface area contributed by atoms with E-state index in [0.717, 1.165) is 0 Å². The van der Waals surface area contributed by atoms with E-state index in [0.29, 0.717) is 32.6 Å². The number of carboxylic acid groups (broad SMARTS) is 1. The zero-order valence-corrected chi connectivity index (χ0v) is 20.3. The molecule has 0 atom stereocenters. The fourth-order valence-electron chi connectivity index (χ4n) is 3.67. The van der Waals surface area contributed by atoms with Crippen molar-refractivity contribution >= 4 is 44.9 Å². The SMILES string of the molecule is Cc1c(C(=O)NN2CCS(=O)(=O)CC2)nn(-c2ccc(Cl)cc2Cl)c1-c1ccc(C(=O)O)cc1. The Hall–Kier alpha value is -2.92. The van der Waals surface area contributed by atoms with Gasteiger partial charge in [0.2, 0.25) is 0 Å². The van der Waals surface area contributed by atoms with Crippen LogP contribution in [0.15, 0.2) is 42.5 Å². The van der Waals surface area contributed by atoms with Crippen LogP contribution in [0.3, 0.4) is 0 Å². The summed E-state index contributed by atoms with van der Waals surface area (Å²) in [6.45, 7) is 2.09. The minimum atomic E-state index is -3.10. The summed E-state index contributed by atoms with van der Waals surface area (Å²) in [5, 5.41) is 16.0. The van der Waals surface area contributed by atoms with Gasteiger partial charge in [-0.05, 0) is 37.3 Å². The number of carboxylic acids is 1. The molecule has 0 radical (unpaired) electrons. The highest BCUT2D eigenvalue weighted by Crippen LogP contribution is 2.33. The van der Waals surface area contributed by atoms with Gasteiger partial charge in [-0.15, -0.1) is 0 Å². The van der Waals surface area contributed by atoms with Crippen LogP contribution in [0.2, 0.25) is 10.0 Å². The first kappa shape index (κ1) is 24.2. The van der Waals surface area contributed by atoms with Crippen LogP contribution >= 0.6 is 23.2 Å². The Bertz CT molecular complexity index is 1370. The van der Waals surface area contributed by atoms with Crippen LogP contribution in [0.5, 0.6) is 0 Å². The second kappa shape index (κ2) is 9.38. The summed E-state index contributed by atoms with van der Waals surface area (Å²) in [4.78, 5) is 24.4. The summed E-state index contributed by atoms with van der Waals surface area (Å²) < 4.78 is 24.9. The van der Waals surface area contributed by atoms with Gasteiger partial charge in [0.25, 0.3) is 5.91 Å². The van der Waals surface area contributed by atoms with E-state index in [9.17, 15) is 23.1 Å². The molecule has 1 amide bonds. The summed E-state index contributed by atoms with van der Waals surface area (Å²) in [5.41, 5.74) is 5.17. The van der Waals surface area contributed by atoms with E-state index in [4.69, 9.17) is 23.2 Å². The highest BCUT2D eigenvalue weighted by molar-refractivity contribution is 7.91. The molecule has 4 rings (SSSR count). The lowest BCUT2D eigenvalue weighted by Crippen LogP contribution is -2.50. The molecule has 1 aliphatic rings. The molecule has 34 heavy (non-hydrogen) atoms. The molecule has 2 aromatic carbocycles. The number of hydrogen-bond donors (Lipinski definition) is 2. The lowest BCUT2D eigenvalue weighted by Gasteiger charge is -2.26. The maximum atomic E-state index is 13.1. The average molecular weight is 523 g/mol. The van der Waals surface area contributed by atoms with Crippen LogP contribution in [-0.4, -0.2) is 64.8 Å². The van der Waals surface area contributed by atoms with E-state index in [1.54, 1.807) is 42.3 Å². The number of nitrogens with zero attached hydrogens (tertiary/aromatic N) is 3. The Morgan fingerprint density at radius 3 is 2.29 bits per heavy atom. The van der Waals surface area contributed by atoms with Crippen molar-refractivity contribution in [3.05, 3.63) is 69.3 Å². The molecule has 1 saturated heterocycles. The third-order valence-corrected chi connectivity index (χ3v) is 7.63. The van der Waals surface area contributed by atoms with Crippen LogP contribution in [0, 0.1) is 6.92 Å². The summed E-state index contributed by atoms with van der Waals surface area (Å²) in [6.07, 6.45) is 0. The van der Waals surface area contributed by atoms with Gasteiger partial charge >= 0.3 is 5.97 Å². The van der Waals surface area contributed by atoms with Crippen molar-refractivity contribution in [1.82, 2.24) is 20.2 Å². The summed E-state index contributed by atoms with van der Waals surface area (Å²) in [5.74, 6) is -1.63. The van der Waals surface area contributed by atoms with Crippen molar-refractivity contribution < 1.29 is 23.1 Å². The maximum absolute atomic E-state index is 13.1. The van der Waals surface area contributed by atoms with Crippen molar-refractivity contribution in [2.45, 2.75) is 6.92 Å². The number of nitrogens with one attached hydrogen (secondary N) is 1. The maximum Gasteiger partial charge on any atom is 0.335 e. The summed E-state index contributed by atoms with van der Waals surface area (Å²) >= 11 is 12.5. The van der Waals surface area contributed by atoms with E-state index < -0.39 is 21.7 Å². The van der Waals surface area contributed by atoms with E-state index in [-0.39, 0.29) is 35.9 Å². The average Bonchev–Trinajstić information content (AvgIpc) is 3.12. The molecule has 2 heterocycles. The normalized spacial score (nSPS) is 15.7. The second-order valence-electron chi connectivity index (χ2n) is 7.79. The van der Waals surface area contributed by atoms with Gasteiger partial charge in [0, 0.05) is 29.2 Å². The number of sulfone groups is 1. The van der Waals surface area contributed by atoms with Crippen molar-refractivity contribution in [1.29, 1.82) is 0 Å². The van der Waals surface area contributed by atoms with Crippen LogP contribution < -0.4 is 5.43 Å². The zero-order valence-electron chi connectivity index (χ0n) is 18.0. The quantitative estimate of drug-likeness (QED) is 0.527. The molecule has 12 heteroatoms. The summed E-state index contributed by atoms with van der Waals surface area (Å²) in [6, 6.07) is 11.1. The monoisotopic (exact) mass is 522 g/mol. The standard InChI is InChI=1S/C22H20Cl2N4O5S/c1-13-19(21(29)26-27-8-10-34(32,33)11-9-27)25-28(18-7-6-16(23)12-17(18)24)20(13)14-2-4-15(5-3-14)22(30)31/h2-7,12H,8-11H2,1H3,(H,26,29)(H,30,31). The summed E-state index contributed by atoms with van der Waals surface area (Å²) in [7, 11) is -3.10. The van der Waals surface area contributed by atoms with Crippen LogP contribution in [0.4, 0.5) is 0 Å². The Balaban J connectivity index is 1.76. The van der Waals surface area contributed by atoms with Gasteiger partial charge in [-0.3, -0.25) is 10.2 Å². The van der Waals surface area contributed by atoms with Gasteiger partial charge in [-0.25, -0.2) is 22.9 Å². The van der Waals surface area contributed by atoms with Gasteiger partial charge in [-0.2, -0.15) is 5.10 Å². The smallest absolute Gasteiger partial charge is 0.335 e. The van der Waals surface area contributed by atoms with Gasteiger partial charge in [0.05, 0.1) is 33.5 Å². The molecule has 1 aromatic heterocycles. The minimum Gasteiger partial charge on any atom is -0.478 e. The van der Waals surface area contributed by atoms with Crippen molar-refractivity contribution in [2.75, 3.05) is 24.6 Å². The molecule has 1 aliphatic heterocycles. The Kier molecular flexibility index (Phi) is 6.68. The van der Waals surface area contributed by atoms with Crippen LogP contribution in [0.1, 0.15) is 26.4 Å². The number of rotatable bonds is 5. The van der Waals surface area contributed by atoms with Gasteiger partial charge in [0.1, 0.15) is 0 Å². The van der Waals surface area contributed by atoms with Gasteiger partial charge < -0.3 is 5.11 Å². The molecule has 0 aliphatic carbocycles. The number of amides is 1. The van der Waals surface area contributed by atoms with Crippen molar-refractivity contribution in [3.63, 3.8) is 0 Å². The molecular formula is C22H20Cl2N4O5S. The van der Waals surface area contributed by atoms with Gasteiger partial charge in [-0.1, -0.05) is 35.3 Å². The number of carbonyl (C=O) groups excluding carboxylic acids is 1. The molecule has 1 fully saturated rings. The largest absolute Gasteiger partial charge is 0.478 e. The van der Waals surface area contributed by atoms with Crippen LogP contribution in [0.25, 0.3) is 16.9 Å².